The van der Waals surface area contributed by atoms with Crippen LogP contribution in [-0.4, -0.2) is 47.4 Å². The lowest BCUT2D eigenvalue weighted by atomic mass is 10.0. The third kappa shape index (κ3) is 69.7. The Bertz CT molecular complexity index is 1270. The standard InChI is InChI=1S/C78H153NO5/c1-3-5-7-9-11-13-15-17-19-21-23-24-25-28-31-35-38-42-46-50-54-58-62-66-70-76(81)75(74-80)79-77(82)71-67-63-59-55-51-47-43-39-36-32-29-26-27-30-33-37-41-45-49-53-57-61-65-69-73-84-78(83)72-68-64-60-56-52-48-44-40-34-22-20-18-16-14-12-10-8-6-4-2/h29,32,75-76,80-81H,3-28,30-31,33-74H2,1-2H3,(H,79,82)/b32-29-. The number of allylic oxidation sites excluding steroid dienone is 2. The van der Waals surface area contributed by atoms with E-state index in [9.17, 15) is 19.8 Å². The Morgan fingerprint density at radius 3 is 0.845 bits per heavy atom. The molecule has 3 N–H and O–H groups in total. The van der Waals surface area contributed by atoms with Crippen LogP contribution in [0.15, 0.2) is 12.2 Å². The van der Waals surface area contributed by atoms with E-state index in [0.717, 1.165) is 38.5 Å². The van der Waals surface area contributed by atoms with Crippen LogP contribution in [0.25, 0.3) is 0 Å². The van der Waals surface area contributed by atoms with Crippen molar-refractivity contribution >= 4 is 11.9 Å². The highest BCUT2D eigenvalue weighted by molar-refractivity contribution is 5.76. The molecule has 0 bridgehead atoms. The van der Waals surface area contributed by atoms with Crippen molar-refractivity contribution in [2.24, 2.45) is 0 Å². The maximum absolute atomic E-state index is 12.6. The normalized spacial score (nSPS) is 12.5. The van der Waals surface area contributed by atoms with Crippen molar-refractivity contribution < 1.29 is 24.5 Å². The number of esters is 1. The molecule has 0 radical (unpaired) electrons. The Hall–Kier alpha value is -1.40. The minimum Gasteiger partial charge on any atom is -0.466 e. The van der Waals surface area contributed by atoms with E-state index in [4.69, 9.17) is 4.74 Å². The maximum Gasteiger partial charge on any atom is 0.305 e. The molecule has 0 spiro atoms. The average molecular weight is 1190 g/mol. The summed E-state index contributed by atoms with van der Waals surface area (Å²) in [7, 11) is 0. The monoisotopic (exact) mass is 1180 g/mol. The number of carbonyl (C=O) groups is 2. The van der Waals surface area contributed by atoms with Gasteiger partial charge >= 0.3 is 5.97 Å². The summed E-state index contributed by atoms with van der Waals surface area (Å²) in [6.45, 7) is 5.01. The second-order valence-electron chi connectivity index (χ2n) is 27.0. The Balaban J connectivity index is 3.38. The second-order valence-corrected chi connectivity index (χ2v) is 27.0. The summed E-state index contributed by atoms with van der Waals surface area (Å²) in [5, 5.41) is 23.5. The molecule has 0 aromatic heterocycles. The molecule has 0 heterocycles. The first-order valence-electron chi connectivity index (χ1n) is 38.9. The zero-order chi connectivity index (χ0) is 60.6. The minimum absolute atomic E-state index is 0.0189. The number of nitrogens with one attached hydrogen (secondary N) is 1. The predicted molar refractivity (Wildman–Crippen MR) is 370 cm³/mol. The molecule has 500 valence electrons. The zero-order valence-corrected chi connectivity index (χ0v) is 57.4. The largest absolute Gasteiger partial charge is 0.466 e. The molecule has 6 heteroatoms. The molecule has 0 aliphatic rings. The topological polar surface area (TPSA) is 95.9 Å². The molecule has 0 aromatic carbocycles. The summed E-state index contributed by atoms with van der Waals surface area (Å²) in [6.07, 6.45) is 92.9. The van der Waals surface area contributed by atoms with Gasteiger partial charge in [-0.15, -0.1) is 0 Å². The number of unbranched alkanes of at least 4 members (excludes halogenated alkanes) is 61. The van der Waals surface area contributed by atoms with Gasteiger partial charge in [-0.05, 0) is 51.4 Å². The Morgan fingerprint density at radius 2 is 0.560 bits per heavy atom. The molecular formula is C78H153NO5. The molecule has 0 aromatic rings. The highest BCUT2D eigenvalue weighted by Crippen LogP contribution is 2.20. The van der Waals surface area contributed by atoms with Gasteiger partial charge in [0.15, 0.2) is 0 Å². The highest BCUT2D eigenvalue weighted by Gasteiger charge is 2.20. The SMILES string of the molecule is CCCCCCCCCCCCCCCCCCCCCCCCCCC(O)C(CO)NC(=O)CCCCCCCCCC/C=C\CCCCCCCCCCCCCCOC(=O)CCCCCCCCCCCCCCCCCCCCC. The van der Waals surface area contributed by atoms with E-state index >= 15 is 0 Å². The van der Waals surface area contributed by atoms with Crippen LogP contribution in [0.5, 0.6) is 0 Å². The van der Waals surface area contributed by atoms with Crippen molar-refractivity contribution in [1.82, 2.24) is 5.32 Å². The van der Waals surface area contributed by atoms with Gasteiger partial charge in [0.1, 0.15) is 0 Å². The van der Waals surface area contributed by atoms with E-state index in [0.29, 0.717) is 25.9 Å². The van der Waals surface area contributed by atoms with Gasteiger partial charge in [-0.1, -0.05) is 398 Å². The Labute approximate surface area is 527 Å². The minimum atomic E-state index is -0.668. The van der Waals surface area contributed by atoms with Crippen LogP contribution in [-0.2, 0) is 14.3 Å². The van der Waals surface area contributed by atoms with E-state index in [2.05, 4.69) is 31.3 Å². The third-order valence-electron chi connectivity index (χ3n) is 18.6. The molecule has 0 aliphatic carbocycles. The number of aliphatic hydroxyl groups is 2. The van der Waals surface area contributed by atoms with Crippen molar-refractivity contribution in [3.8, 4) is 0 Å². The number of ether oxygens (including phenoxy) is 1. The number of rotatable bonds is 74. The number of hydrogen-bond acceptors (Lipinski definition) is 5. The molecule has 0 fully saturated rings. The summed E-state index contributed by atoms with van der Waals surface area (Å²) in [6, 6.07) is -0.546. The predicted octanol–water partition coefficient (Wildman–Crippen LogP) is 25.5. The molecule has 0 saturated carbocycles. The zero-order valence-electron chi connectivity index (χ0n) is 57.4. The second kappa shape index (κ2) is 74.1. The molecule has 6 nitrogen and oxygen atoms in total. The van der Waals surface area contributed by atoms with Crippen molar-refractivity contribution in [3.05, 3.63) is 12.2 Å². The van der Waals surface area contributed by atoms with E-state index in [1.54, 1.807) is 0 Å². The quantitative estimate of drug-likeness (QED) is 0.0320. The molecular weight excluding hydrogens is 1030 g/mol. The fourth-order valence-corrected chi connectivity index (χ4v) is 12.6. The lowest BCUT2D eigenvalue weighted by Gasteiger charge is -2.22. The third-order valence-corrected chi connectivity index (χ3v) is 18.6. The summed E-state index contributed by atoms with van der Waals surface area (Å²) in [5.41, 5.74) is 0. The van der Waals surface area contributed by atoms with Gasteiger partial charge in [-0.3, -0.25) is 9.59 Å². The summed E-state index contributed by atoms with van der Waals surface area (Å²) < 4.78 is 5.52. The first-order chi connectivity index (χ1) is 41.5. The van der Waals surface area contributed by atoms with Crippen LogP contribution in [0.2, 0.25) is 0 Å². The Morgan fingerprint density at radius 1 is 0.321 bits per heavy atom. The summed E-state index contributed by atoms with van der Waals surface area (Å²) >= 11 is 0. The lowest BCUT2D eigenvalue weighted by Crippen LogP contribution is -2.45. The van der Waals surface area contributed by atoms with Crippen LogP contribution in [0, 0.1) is 0 Å². The fourth-order valence-electron chi connectivity index (χ4n) is 12.6. The Kier molecular flexibility index (Phi) is 72.8. The first kappa shape index (κ1) is 82.6. The fraction of sp³-hybridized carbons (Fsp3) is 0.949. The molecule has 2 unspecified atom stereocenters. The summed E-state index contributed by atoms with van der Waals surface area (Å²) in [4.78, 5) is 24.7. The van der Waals surface area contributed by atoms with Gasteiger partial charge in [0, 0.05) is 12.8 Å². The van der Waals surface area contributed by atoms with Gasteiger partial charge in [0.2, 0.25) is 5.91 Å². The van der Waals surface area contributed by atoms with Crippen LogP contribution >= 0.6 is 0 Å². The van der Waals surface area contributed by atoms with Gasteiger partial charge in [-0.25, -0.2) is 0 Å². The van der Waals surface area contributed by atoms with Crippen LogP contribution < -0.4 is 5.32 Å². The van der Waals surface area contributed by atoms with Gasteiger partial charge in [0.05, 0.1) is 25.4 Å². The molecule has 0 saturated heterocycles. The van der Waals surface area contributed by atoms with Gasteiger partial charge in [-0.2, -0.15) is 0 Å². The number of carbonyl (C=O) groups excluding carboxylic acids is 2. The highest BCUT2D eigenvalue weighted by atomic mass is 16.5. The maximum atomic E-state index is 12.6. The molecule has 0 aliphatic heterocycles. The first-order valence-corrected chi connectivity index (χ1v) is 38.9. The van der Waals surface area contributed by atoms with Crippen molar-refractivity contribution in [3.63, 3.8) is 0 Å². The molecule has 2 atom stereocenters. The number of aliphatic hydroxyl groups excluding tert-OH is 2. The lowest BCUT2D eigenvalue weighted by molar-refractivity contribution is -0.143. The van der Waals surface area contributed by atoms with Crippen LogP contribution in [0.1, 0.15) is 450 Å². The van der Waals surface area contributed by atoms with E-state index in [1.165, 1.54) is 379 Å². The van der Waals surface area contributed by atoms with Crippen molar-refractivity contribution in [2.45, 2.75) is 463 Å². The summed E-state index contributed by atoms with van der Waals surface area (Å²) in [5.74, 6) is -0.0147. The average Bonchev–Trinajstić information content (AvgIpc) is 3.51. The van der Waals surface area contributed by atoms with Crippen molar-refractivity contribution in [2.75, 3.05) is 13.2 Å². The smallest absolute Gasteiger partial charge is 0.305 e. The number of amides is 1. The van der Waals surface area contributed by atoms with E-state index in [1.807, 2.05) is 0 Å². The van der Waals surface area contributed by atoms with E-state index < -0.39 is 12.1 Å². The molecule has 0 rings (SSSR count). The van der Waals surface area contributed by atoms with Crippen LogP contribution in [0.4, 0.5) is 0 Å². The number of hydrogen-bond donors (Lipinski definition) is 3. The van der Waals surface area contributed by atoms with Gasteiger partial charge < -0.3 is 20.3 Å². The van der Waals surface area contributed by atoms with Crippen molar-refractivity contribution in [1.29, 1.82) is 0 Å². The molecule has 1 amide bonds. The molecule has 84 heavy (non-hydrogen) atoms. The van der Waals surface area contributed by atoms with E-state index in [-0.39, 0.29) is 18.5 Å². The van der Waals surface area contributed by atoms with Crippen LogP contribution in [0.3, 0.4) is 0 Å². The van der Waals surface area contributed by atoms with Gasteiger partial charge in [0.25, 0.3) is 0 Å².